The molecule has 0 aliphatic carbocycles. The van der Waals surface area contributed by atoms with Gasteiger partial charge in [-0.2, -0.15) is 0 Å². The van der Waals surface area contributed by atoms with Crippen LogP contribution in [0.4, 0.5) is 10.5 Å². The van der Waals surface area contributed by atoms with Crippen LogP contribution in [-0.2, 0) is 19.1 Å². The number of anilines is 1. The smallest absolute Gasteiger partial charge is 0.410 e. The Labute approximate surface area is 153 Å². The molecule has 0 spiro atoms. The van der Waals surface area contributed by atoms with Crippen molar-refractivity contribution in [2.75, 3.05) is 25.5 Å². The Morgan fingerprint density at radius 1 is 1.12 bits per heavy atom. The average molecular weight is 362 g/mol. The summed E-state index contributed by atoms with van der Waals surface area (Å²) in [7, 11) is 1.17. The van der Waals surface area contributed by atoms with Gasteiger partial charge in [-0.15, -0.1) is 0 Å². The first-order valence-electron chi connectivity index (χ1n) is 8.67. The second kappa shape index (κ2) is 8.21. The van der Waals surface area contributed by atoms with E-state index in [2.05, 4.69) is 10.1 Å². The molecule has 1 heterocycles. The number of nitrogens with zero attached hydrogens (tertiary/aromatic N) is 1. The Balaban J connectivity index is 2.02. The molecule has 7 nitrogen and oxygen atoms in total. The van der Waals surface area contributed by atoms with Gasteiger partial charge < -0.3 is 19.7 Å². The van der Waals surface area contributed by atoms with Crippen LogP contribution in [0, 0.1) is 0 Å². The van der Waals surface area contributed by atoms with Crippen LogP contribution in [0.2, 0.25) is 0 Å². The van der Waals surface area contributed by atoms with Crippen molar-refractivity contribution in [3.63, 3.8) is 0 Å². The Bertz CT molecular complexity index is 673. The van der Waals surface area contributed by atoms with Gasteiger partial charge in [0.25, 0.3) is 0 Å². The average Bonchev–Trinajstić information content (AvgIpc) is 2.60. The highest BCUT2D eigenvalue weighted by Gasteiger charge is 2.28. The number of hydrogen-bond donors (Lipinski definition) is 1. The zero-order valence-electron chi connectivity index (χ0n) is 15.7. The van der Waals surface area contributed by atoms with E-state index >= 15 is 0 Å². The zero-order valence-corrected chi connectivity index (χ0v) is 15.7. The summed E-state index contributed by atoms with van der Waals surface area (Å²) < 4.78 is 9.85. The summed E-state index contributed by atoms with van der Waals surface area (Å²) >= 11 is 0. The van der Waals surface area contributed by atoms with Crippen molar-refractivity contribution in [1.82, 2.24) is 4.90 Å². The predicted molar refractivity (Wildman–Crippen MR) is 96.9 cm³/mol. The Hall–Kier alpha value is -2.57. The summed E-state index contributed by atoms with van der Waals surface area (Å²) in [6.45, 7) is 6.70. The quantitative estimate of drug-likeness (QED) is 0.646. The second-order valence-electron chi connectivity index (χ2n) is 7.27. The fraction of sp³-hybridized carbons (Fsp3) is 0.526. The minimum Gasteiger partial charge on any atom is -0.462 e. The van der Waals surface area contributed by atoms with Gasteiger partial charge in [-0.1, -0.05) is 18.2 Å². The molecule has 1 aromatic rings. The molecule has 1 aliphatic heterocycles. The van der Waals surface area contributed by atoms with Crippen molar-refractivity contribution in [3.8, 4) is 0 Å². The van der Waals surface area contributed by atoms with Gasteiger partial charge in [0.1, 0.15) is 5.60 Å². The summed E-state index contributed by atoms with van der Waals surface area (Å²) in [5.41, 5.74) is 1.03. The van der Waals surface area contributed by atoms with Gasteiger partial charge >= 0.3 is 18.0 Å². The Kier molecular flexibility index (Phi) is 6.23. The van der Waals surface area contributed by atoms with Crippen molar-refractivity contribution < 1.29 is 23.9 Å². The van der Waals surface area contributed by atoms with E-state index in [9.17, 15) is 14.4 Å². The summed E-state index contributed by atoms with van der Waals surface area (Å²) in [6.07, 6.45) is 1.21. The molecule has 1 aromatic carbocycles. The summed E-state index contributed by atoms with van der Waals surface area (Å²) in [5, 5.41) is 2.60. The van der Waals surface area contributed by atoms with E-state index in [1.807, 2.05) is 32.9 Å². The number of amides is 2. The summed E-state index contributed by atoms with van der Waals surface area (Å²) in [6, 6.07) is 7.38. The fourth-order valence-corrected chi connectivity index (χ4v) is 2.93. The fourth-order valence-electron chi connectivity index (χ4n) is 2.93. The Morgan fingerprint density at radius 2 is 1.73 bits per heavy atom. The van der Waals surface area contributed by atoms with Crippen molar-refractivity contribution in [1.29, 1.82) is 0 Å². The zero-order chi connectivity index (χ0) is 19.3. The van der Waals surface area contributed by atoms with E-state index in [4.69, 9.17) is 4.74 Å². The van der Waals surface area contributed by atoms with Crippen LogP contribution in [0.1, 0.15) is 45.1 Å². The SMILES string of the molecule is COC(=O)C(=O)Nc1ccccc1C1CCN(C(=O)OC(C)(C)C)CC1. The lowest BCUT2D eigenvalue weighted by Gasteiger charge is -2.34. The molecule has 0 saturated carbocycles. The topological polar surface area (TPSA) is 84.9 Å². The maximum atomic E-state index is 12.2. The number of hydrogen-bond acceptors (Lipinski definition) is 5. The molecular formula is C19H26N2O5. The molecule has 0 aromatic heterocycles. The molecule has 0 atom stereocenters. The van der Waals surface area contributed by atoms with Crippen molar-refractivity contribution in [2.45, 2.75) is 45.1 Å². The molecule has 26 heavy (non-hydrogen) atoms. The van der Waals surface area contributed by atoms with Gasteiger partial charge in [0.15, 0.2) is 0 Å². The standard InChI is InChI=1S/C19H26N2O5/c1-19(2,3)26-18(24)21-11-9-13(10-12-21)14-7-5-6-8-15(14)20-16(22)17(23)25-4/h5-8,13H,9-12H2,1-4H3,(H,20,22). The van der Waals surface area contributed by atoms with Crippen molar-refractivity contribution >= 4 is 23.7 Å². The number of carbonyl (C=O) groups is 3. The number of benzene rings is 1. The van der Waals surface area contributed by atoms with Crippen LogP contribution >= 0.6 is 0 Å². The number of nitrogens with one attached hydrogen (secondary N) is 1. The first kappa shape index (κ1) is 19.8. The first-order chi connectivity index (χ1) is 12.2. The molecule has 1 aliphatic rings. The van der Waals surface area contributed by atoms with Gasteiger partial charge in [-0.3, -0.25) is 4.79 Å². The summed E-state index contributed by atoms with van der Waals surface area (Å²) in [4.78, 5) is 37.0. The molecule has 0 radical (unpaired) electrons. The highest BCUT2D eigenvalue weighted by Crippen LogP contribution is 2.33. The van der Waals surface area contributed by atoms with E-state index in [1.54, 1.807) is 17.0 Å². The molecule has 142 valence electrons. The summed E-state index contributed by atoms with van der Waals surface area (Å²) in [5.74, 6) is -1.55. The van der Waals surface area contributed by atoms with Gasteiger partial charge in [-0.25, -0.2) is 9.59 Å². The largest absolute Gasteiger partial charge is 0.462 e. The molecular weight excluding hydrogens is 336 g/mol. The number of para-hydroxylation sites is 1. The van der Waals surface area contributed by atoms with Gasteiger partial charge in [0.05, 0.1) is 7.11 Å². The molecule has 2 amide bonds. The van der Waals surface area contributed by atoms with Crippen LogP contribution in [0.3, 0.4) is 0 Å². The van der Waals surface area contributed by atoms with E-state index < -0.39 is 17.5 Å². The van der Waals surface area contributed by atoms with Crippen molar-refractivity contribution in [3.05, 3.63) is 29.8 Å². The lowest BCUT2D eigenvalue weighted by Crippen LogP contribution is -2.41. The van der Waals surface area contributed by atoms with Crippen LogP contribution in [-0.4, -0.2) is 48.7 Å². The van der Waals surface area contributed by atoms with Crippen LogP contribution < -0.4 is 5.32 Å². The number of carbonyl (C=O) groups excluding carboxylic acids is 3. The Morgan fingerprint density at radius 3 is 2.31 bits per heavy atom. The molecule has 1 fully saturated rings. The number of likely N-dealkylation sites (tertiary alicyclic amines) is 1. The van der Waals surface area contributed by atoms with Crippen LogP contribution in [0.5, 0.6) is 0 Å². The predicted octanol–water partition coefficient (Wildman–Crippen LogP) is 2.91. The van der Waals surface area contributed by atoms with Gasteiger partial charge in [0.2, 0.25) is 0 Å². The molecule has 1 saturated heterocycles. The highest BCUT2D eigenvalue weighted by atomic mass is 16.6. The maximum absolute atomic E-state index is 12.2. The third-order valence-electron chi connectivity index (χ3n) is 4.17. The third-order valence-corrected chi connectivity index (χ3v) is 4.17. The number of methoxy groups -OCH3 is 1. The highest BCUT2D eigenvalue weighted by molar-refractivity contribution is 6.37. The first-order valence-corrected chi connectivity index (χ1v) is 8.67. The normalized spacial score (nSPS) is 15.3. The maximum Gasteiger partial charge on any atom is 0.410 e. The molecule has 1 N–H and O–H groups in total. The minimum atomic E-state index is -0.931. The monoisotopic (exact) mass is 362 g/mol. The number of ether oxygens (including phenoxy) is 2. The molecule has 7 heteroatoms. The lowest BCUT2D eigenvalue weighted by molar-refractivity contribution is -0.150. The van der Waals surface area contributed by atoms with Gasteiger partial charge in [0, 0.05) is 18.8 Å². The van der Waals surface area contributed by atoms with E-state index in [0.29, 0.717) is 18.8 Å². The van der Waals surface area contributed by atoms with Crippen LogP contribution in [0.25, 0.3) is 0 Å². The van der Waals surface area contributed by atoms with Crippen LogP contribution in [0.15, 0.2) is 24.3 Å². The minimum absolute atomic E-state index is 0.183. The van der Waals surface area contributed by atoms with Gasteiger partial charge in [-0.05, 0) is 51.2 Å². The van der Waals surface area contributed by atoms with E-state index in [-0.39, 0.29) is 12.0 Å². The molecule has 0 unspecified atom stereocenters. The second-order valence-corrected chi connectivity index (χ2v) is 7.27. The number of piperidine rings is 1. The van der Waals surface area contributed by atoms with E-state index in [1.165, 1.54) is 7.11 Å². The third kappa shape index (κ3) is 5.21. The lowest BCUT2D eigenvalue weighted by atomic mass is 9.88. The van der Waals surface area contributed by atoms with E-state index in [0.717, 1.165) is 18.4 Å². The number of rotatable bonds is 2. The van der Waals surface area contributed by atoms with Crippen molar-refractivity contribution in [2.24, 2.45) is 0 Å². The molecule has 2 rings (SSSR count). The number of esters is 1. The molecule has 0 bridgehead atoms.